The standard InChI is InChI=1S/C19H31NO3/c1-5-11-19(23-16(4)21)18(20(6-2)7-3)15-22-14-17-12-9-8-10-13-17/h8-10,12-13,18-19H,5-7,11,14-15H2,1-4H3/t18-,19+/m0/s1. The van der Waals surface area contributed by atoms with Crippen LogP contribution in [0.2, 0.25) is 0 Å². The van der Waals surface area contributed by atoms with Gasteiger partial charge in [-0.05, 0) is 25.1 Å². The summed E-state index contributed by atoms with van der Waals surface area (Å²) in [6.07, 6.45) is 1.72. The topological polar surface area (TPSA) is 38.8 Å². The first-order valence-electron chi connectivity index (χ1n) is 8.65. The first-order chi connectivity index (χ1) is 11.1. The summed E-state index contributed by atoms with van der Waals surface area (Å²) in [6, 6.07) is 10.2. The Bertz CT molecular complexity index is 432. The average Bonchev–Trinajstić information content (AvgIpc) is 2.54. The molecule has 0 aliphatic carbocycles. The number of hydrogen-bond acceptors (Lipinski definition) is 4. The minimum Gasteiger partial charge on any atom is -0.461 e. The van der Waals surface area contributed by atoms with Gasteiger partial charge in [0.2, 0.25) is 0 Å². The molecule has 0 spiro atoms. The summed E-state index contributed by atoms with van der Waals surface area (Å²) in [5.74, 6) is -0.219. The van der Waals surface area contributed by atoms with Gasteiger partial charge in [0.1, 0.15) is 6.10 Å². The maximum atomic E-state index is 11.4. The molecule has 4 heteroatoms. The number of esters is 1. The van der Waals surface area contributed by atoms with Gasteiger partial charge >= 0.3 is 5.97 Å². The van der Waals surface area contributed by atoms with E-state index in [4.69, 9.17) is 9.47 Å². The summed E-state index contributed by atoms with van der Waals surface area (Å²) in [6.45, 7) is 10.8. The van der Waals surface area contributed by atoms with Crippen molar-refractivity contribution in [2.45, 2.75) is 59.3 Å². The molecule has 2 atom stereocenters. The molecule has 0 amide bonds. The highest BCUT2D eigenvalue weighted by molar-refractivity contribution is 5.66. The van der Waals surface area contributed by atoms with Crippen molar-refractivity contribution in [3.8, 4) is 0 Å². The number of nitrogens with zero attached hydrogens (tertiary/aromatic N) is 1. The van der Waals surface area contributed by atoms with Gasteiger partial charge in [0.15, 0.2) is 0 Å². The number of likely N-dealkylation sites (N-methyl/N-ethyl adjacent to an activating group) is 1. The highest BCUT2D eigenvalue weighted by Crippen LogP contribution is 2.16. The van der Waals surface area contributed by atoms with Crippen molar-refractivity contribution in [2.24, 2.45) is 0 Å². The number of ether oxygens (including phenoxy) is 2. The third-order valence-corrected chi connectivity index (χ3v) is 4.00. The lowest BCUT2D eigenvalue weighted by atomic mass is 10.0. The van der Waals surface area contributed by atoms with Crippen LogP contribution in [0, 0.1) is 0 Å². The Morgan fingerprint density at radius 1 is 1.13 bits per heavy atom. The first kappa shape index (κ1) is 19.7. The molecule has 0 radical (unpaired) electrons. The van der Waals surface area contributed by atoms with Gasteiger partial charge in [0, 0.05) is 6.92 Å². The third kappa shape index (κ3) is 7.14. The second-order valence-electron chi connectivity index (χ2n) is 5.73. The van der Waals surface area contributed by atoms with Crippen LogP contribution in [-0.4, -0.2) is 42.7 Å². The van der Waals surface area contributed by atoms with Crippen molar-refractivity contribution in [3.63, 3.8) is 0 Å². The van der Waals surface area contributed by atoms with E-state index in [2.05, 4.69) is 37.8 Å². The molecule has 0 aromatic heterocycles. The van der Waals surface area contributed by atoms with E-state index in [1.54, 1.807) is 0 Å². The zero-order chi connectivity index (χ0) is 17.1. The van der Waals surface area contributed by atoms with Crippen molar-refractivity contribution < 1.29 is 14.3 Å². The number of carbonyl (C=O) groups is 1. The van der Waals surface area contributed by atoms with E-state index in [1.807, 2.05) is 18.2 Å². The average molecular weight is 321 g/mol. The van der Waals surface area contributed by atoms with Crippen LogP contribution in [-0.2, 0) is 20.9 Å². The SMILES string of the molecule is CCC[C@@H](OC(C)=O)[C@H](COCc1ccccc1)N(CC)CC. The lowest BCUT2D eigenvalue weighted by Gasteiger charge is -2.35. The van der Waals surface area contributed by atoms with Crippen molar-refractivity contribution >= 4 is 5.97 Å². The maximum Gasteiger partial charge on any atom is 0.302 e. The summed E-state index contributed by atoms with van der Waals surface area (Å²) in [7, 11) is 0. The van der Waals surface area contributed by atoms with E-state index in [-0.39, 0.29) is 18.1 Å². The number of carbonyl (C=O) groups excluding carboxylic acids is 1. The van der Waals surface area contributed by atoms with Gasteiger partial charge in [-0.1, -0.05) is 57.5 Å². The predicted octanol–water partition coefficient (Wildman–Crippen LogP) is 3.65. The molecule has 0 aliphatic rings. The van der Waals surface area contributed by atoms with E-state index in [1.165, 1.54) is 6.92 Å². The van der Waals surface area contributed by atoms with Gasteiger partial charge < -0.3 is 9.47 Å². The molecule has 0 heterocycles. The molecular weight excluding hydrogens is 290 g/mol. The minimum absolute atomic E-state index is 0.0950. The monoisotopic (exact) mass is 321 g/mol. The van der Waals surface area contributed by atoms with Crippen LogP contribution < -0.4 is 0 Å². The quantitative estimate of drug-likeness (QED) is 0.583. The van der Waals surface area contributed by atoms with Gasteiger partial charge in [0.25, 0.3) is 0 Å². The van der Waals surface area contributed by atoms with Crippen molar-refractivity contribution in [1.29, 1.82) is 0 Å². The fraction of sp³-hybridized carbons (Fsp3) is 0.632. The molecule has 1 aromatic carbocycles. The van der Waals surface area contributed by atoms with Crippen LogP contribution in [0.3, 0.4) is 0 Å². The number of rotatable bonds is 11. The van der Waals surface area contributed by atoms with Crippen molar-refractivity contribution in [1.82, 2.24) is 4.90 Å². The third-order valence-electron chi connectivity index (χ3n) is 4.00. The maximum absolute atomic E-state index is 11.4. The summed E-state index contributed by atoms with van der Waals surface area (Å²) >= 11 is 0. The zero-order valence-electron chi connectivity index (χ0n) is 15.0. The Morgan fingerprint density at radius 3 is 2.30 bits per heavy atom. The normalized spacial score (nSPS) is 13.8. The van der Waals surface area contributed by atoms with Crippen LogP contribution >= 0.6 is 0 Å². The Balaban J connectivity index is 2.71. The van der Waals surface area contributed by atoms with Gasteiger partial charge in [-0.25, -0.2) is 0 Å². The Kier molecular flexibility index (Phi) is 9.57. The zero-order valence-corrected chi connectivity index (χ0v) is 15.0. The molecule has 0 fully saturated rings. The summed E-state index contributed by atoms with van der Waals surface area (Å²) in [4.78, 5) is 13.8. The first-order valence-corrected chi connectivity index (χ1v) is 8.65. The molecule has 0 unspecified atom stereocenters. The van der Waals surface area contributed by atoms with Crippen LogP contribution in [0.25, 0.3) is 0 Å². The Morgan fingerprint density at radius 2 is 1.78 bits per heavy atom. The van der Waals surface area contributed by atoms with Crippen LogP contribution in [0.4, 0.5) is 0 Å². The van der Waals surface area contributed by atoms with Gasteiger partial charge in [0.05, 0.1) is 19.3 Å². The van der Waals surface area contributed by atoms with Crippen LogP contribution in [0.1, 0.15) is 46.1 Å². The lowest BCUT2D eigenvalue weighted by molar-refractivity contribution is -0.152. The number of hydrogen-bond donors (Lipinski definition) is 0. The fourth-order valence-corrected chi connectivity index (χ4v) is 2.84. The largest absolute Gasteiger partial charge is 0.461 e. The molecule has 0 saturated carbocycles. The molecule has 0 N–H and O–H groups in total. The summed E-state index contributed by atoms with van der Waals surface area (Å²) < 4.78 is 11.5. The molecular formula is C19H31NO3. The summed E-state index contributed by atoms with van der Waals surface area (Å²) in [5.41, 5.74) is 1.16. The fourth-order valence-electron chi connectivity index (χ4n) is 2.84. The summed E-state index contributed by atoms with van der Waals surface area (Å²) in [5, 5.41) is 0. The Labute approximate surface area is 140 Å². The van der Waals surface area contributed by atoms with E-state index < -0.39 is 0 Å². The minimum atomic E-state index is -0.219. The molecule has 0 saturated heterocycles. The van der Waals surface area contributed by atoms with Crippen LogP contribution in [0.5, 0.6) is 0 Å². The van der Waals surface area contributed by atoms with Crippen LogP contribution in [0.15, 0.2) is 30.3 Å². The molecule has 130 valence electrons. The number of benzene rings is 1. The molecule has 1 aromatic rings. The van der Waals surface area contributed by atoms with E-state index >= 15 is 0 Å². The highest BCUT2D eigenvalue weighted by atomic mass is 16.5. The van der Waals surface area contributed by atoms with E-state index in [0.29, 0.717) is 13.2 Å². The lowest BCUT2D eigenvalue weighted by Crippen LogP contribution is -2.48. The second kappa shape index (κ2) is 11.2. The molecule has 1 rings (SSSR count). The van der Waals surface area contributed by atoms with E-state index in [0.717, 1.165) is 31.5 Å². The second-order valence-corrected chi connectivity index (χ2v) is 5.73. The van der Waals surface area contributed by atoms with Gasteiger partial charge in [-0.15, -0.1) is 0 Å². The van der Waals surface area contributed by atoms with Gasteiger partial charge in [-0.2, -0.15) is 0 Å². The molecule has 0 bridgehead atoms. The smallest absolute Gasteiger partial charge is 0.302 e. The predicted molar refractivity (Wildman–Crippen MR) is 93.3 cm³/mol. The van der Waals surface area contributed by atoms with Crippen molar-refractivity contribution in [2.75, 3.05) is 19.7 Å². The highest BCUT2D eigenvalue weighted by Gasteiger charge is 2.28. The molecule has 4 nitrogen and oxygen atoms in total. The molecule has 0 aliphatic heterocycles. The van der Waals surface area contributed by atoms with Crippen molar-refractivity contribution in [3.05, 3.63) is 35.9 Å². The Hall–Kier alpha value is -1.39. The van der Waals surface area contributed by atoms with E-state index in [9.17, 15) is 4.79 Å². The molecule has 23 heavy (non-hydrogen) atoms. The van der Waals surface area contributed by atoms with Gasteiger partial charge in [-0.3, -0.25) is 9.69 Å².